The number of aromatic nitrogens is 3. The quantitative estimate of drug-likeness (QED) is 0.429. The second kappa shape index (κ2) is 9.68. The standard InChI is InChI=1S/C27H29ClN6O/c1-4-34-25-19(16-23(26(34)35)22-10-5-18(2)15-24(22)28)17-29-27(31-25)30-20-6-8-21(9-7-20)33-13-11-32(3)12-14-33/h5-10,15-17H,4,11-14H2,1-3H3,(H,29,30,31). The highest BCUT2D eigenvalue weighted by Gasteiger charge is 2.16. The van der Waals surface area contributed by atoms with Gasteiger partial charge in [0.25, 0.3) is 5.56 Å². The third kappa shape index (κ3) is 4.74. The average molecular weight is 489 g/mol. The average Bonchev–Trinajstić information content (AvgIpc) is 2.85. The zero-order valence-electron chi connectivity index (χ0n) is 20.3. The van der Waals surface area contributed by atoms with E-state index in [4.69, 9.17) is 11.6 Å². The Morgan fingerprint density at radius 2 is 1.74 bits per heavy atom. The lowest BCUT2D eigenvalue weighted by Gasteiger charge is -2.34. The molecule has 5 rings (SSSR count). The van der Waals surface area contributed by atoms with Crippen LogP contribution in [0.15, 0.2) is 59.5 Å². The minimum absolute atomic E-state index is 0.119. The van der Waals surface area contributed by atoms with E-state index in [9.17, 15) is 4.79 Å². The minimum Gasteiger partial charge on any atom is -0.369 e. The number of benzene rings is 2. The molecule has 0 radical (unpaired) electrons. The maximum Gasteiger partial charge on any atom is 0.260 e. The van der Waals surface area contributed by atoms with Crippen molar-refractivity contribution in [1.29, 1.82) is 0 Å². The Hall–Kier alpha value is -3.42. The summed E-state index contributed by atoms with van der Waals surface area (Å²) in [6.07, 6.45) is 1.75. The SMILES string of the molecule is CCn1c(=O)c(-c2ccc(C)cc2Cl)cc2cnc(Nc3ccc(N4CCN(C)CC4)cc3)nc21. The van der Waals surface area contributed by atoms with Crippen LogP contribution in [0.1, 0.15) is 12.5 Å². The molecule has 2 aromatic carbocycles. The van der Waals surface area contributed by atoms with Gasteiger partial charge >= 0.3 is 0 Å². The second-order valence-electron chi connectivity index (χ2n) is 9.03. The number of anilines is 3. The van der Waals surface area contributed by atoms with E-state index < -0.39 is 0 Å². The van der Waals surface area contributed by atoms with E-state index in [1.54, 1.807) is 10.8 Å². The van der Waals surface area contributed by atoms with Gasteiger partial charge in [-0.2, -0.15) is 4.98 Å². The number of hydrogen-bond donors (Lipinski definition) is 1. The van der Waals surface area contributed by atoms with Crippen LogP contribution in [0, 0.1) is 6.92 Å². The fourth-order valence-electron chi connectivity index (χ4n) is 4.49. The summed E-state index contributed by atoms with van der Waals surface area (Å²) in [5.74, 6) is 0.451. The van der Waals surface area contributed by atoms with Crippen LogP contribution < -0.4 is 15.8 Å². The molecule has 0 unspecified atom stereocenters. The lowest BCUT2D eigenvalue weighted by molar-refractivity contribution is 0.313. The zero-order chi connectivity index (χ0) is 24.5. The van der Waals surface area contributed by atoms with Crippen molar-refractivity contribution in [1.82, 2.24) is 19.4 Å². The third-order valence-electron chi connectivity index (χ3n) is 6.55. The van der Waals surface area contributed by atoms with Gasteiger partial charge in [-0.3, -0.25) is 9.36 Å². The van der Waals surface area contributed by atoms with Crippen LogP contribution in [0.2, 0.25) is 5.02 Å². The number of rotatable bonds is 5. The number of halogens is 1. The van der Waals surface area contributed by atoms with Crippen LogP contribution in [0.25, 0.3) is 22.2 Å². The summed E-state index contributed by atoms with van der Waals surface area (Å²) in [5.41, 5.74) is 4.90. The van der Waals surface area contributed by atoms with E-state index in [1.165, 1.54) is 5.69 Å². The zero-order valence-corrected chi connectivity index (χ0v) is 21.0. The summed E-state index contributed by atoms with van der Waals surface area (Å²) in [6.45, 7) is 8.60. The molecule has 180 valence electrons. The summed E-state index contributed by atoms with van der Waals surface area (Å²) < 4.78 is 1.67. The molecule has 0 amide bonds. The molecular formula is C27H29ClN6O. The highest BCUT2D eigenvalue weighted by molar-refractivity contribution is 6.33. The van der Waals surface area contributed by atoms with Gasteiger partial charge in [0.2, 0.25) is 5.95 Å². The van der Waals surface area contributed by atoms with Crippen molar-refractivity contribution < 1.29 is 0 Å². The van der Waals surface area contributed by atoms with Crippen LogP contribution in [0.4, 0.5) is 17.3 Å². The summed E-state index contributed by atoms with van der Waals surface area (Å²) in [6, 6.07) is 15.9. The first kappa shape index (κ1) is 23.3. The number of nitrogens with one attached hydrogen (secondary N) is 1. The van der Waals surface area contributed by atoms with Crippen molar-refractivity contribution in [3.8, 4) is 11.1 Å². The molecule has 1 aliphatic rings. The Kier molecular flexibility index (Phi) is 6.45. The fourth-order valence-corrected chi connectivity index (χ4v) is 4.83. The lowest BCUT2D eigenvalue weighted by Crippen LogP contribution is -2.44. The van der Waals surface area contributed by atoms with E-state index in [-0.39, 0.29) is 5.56 Å². The highest BCUT2D eigenvalue weighted by atomic mass is 35.5. The van der Waals surface area contributed by atoms with Gasteiger partial charge in [-0.1, -0.05) is 23.7 Å². The number of nitrogens with zero attached hydrogens (tertiary/aromatic N) is 5. The molecule has 1 N–H and O–H groups in total. The molecule has 2 aromatic heterocycles. The van der Waals surface area contributed by atoms with Crippen LogP contribution in [-0.4, -0.2) is 52.7 Å². The summed E-state index contributed by atoms with van der Waals surface area (Å²) in [7, 11) is 2.16. The molecule has 3 heterocycles. The monoisotopic (exact) mass is 488 g/mol. The molecule has 0 aliphatic carbocycles. The molecule has 0 saturated carbocycles. The number of piperazine rings is 1. The first-order valence-electron chi connectivity index (χ1n) is 11.9. The van der Waals surface area contributed by atoms with E-state index in [2.05, 4.69) is 44.3 Å². The molecule has 0 atom stereocenters. The van der Waals surface area contributed by atoms with E-state index >= 15 is 0 Å². The number of aryl methyl sites for hydroxylation is 2. The molecule has 8 heteroatoms. The second-order valence-corrected chi connectivity index (χ2v) is 9.43. The maximum atomic E-state index is 13.3. The lowest BCUT2D eigenvalue weighted by atomic mass is 10.0. The van der Waals surface area contributed by atoms with Crippen molar-refractivity contribution in [3.63, 3.8) is 0 Å². The number of fused-ring (bicyclic) bond motifs is 1. The van der Waals surface area contributed by atoms with Crippen LogP contribution >= 0.6 is 11.6 Å². The van der Waals surface area contributed by atoms with Gasteiger partial charge in [0, 0.05) is 71.8 Å². The van der Waals surface area contributed by atoms with Gasteiger partial charge in [0.15, 0.2) is 0 Å². The first-order valence-corrected chi connectivity index (χ1v) is 12.3. The minimum atomic E-state index is -0.119. The van der Waals surface area contributed by atoms with Crippen LogP contribution in [-0.2, 0) is 6.54 Å². The van der Waals surface area contributed by atoms with Crippen LogP contribution in [0.3, 0.4) is 0 Å². The normalized spacial score (nSPS) is 14.5. The van der Waals surface area contributed by atoms with Gasteiger partial charge in [-0.15, -0.1) is 0 Å². The largest absolute Gasteiger partial charge is 0.369 e. The maximum absolute atomic E-state index is 13.3. The Morgan fingerprint density at radius 3 is 2.43 bits per heavy atom. The molecule has 0 bridgehead atoms. The number of pyridine rings is 1. The van der Waals surface area contributed by atoms with Gasteiger partial charge in [0.05, 0.1) is 0 Å². The molecular weight excluding hydrogens is 460 g/mol. The van der Waals surface area contributed by atoms with Gasteiger partial charge in [-0.05, 0) is 62.9 Å². The van der Waals surface area contributed by atoms with Crippen molar-refractivity contribution >= 4 is 40.0 Å². The molecule has 1 saturated heterocycles. The molecule has 35 heavy (non-hydrogen) atoms. The van der Waals surface area contributed by atoms with E-state index in [0.717, 1.165) is 42.8 Å². The van der Waals surface area contributed by atoms with E-state index in [0.29, 0.717) is 34.3 Å². The smallest absolute Gasteiger partial charge is 0.260 e. The Balaban J connectivity index is 1.44. The van der Waals surface area contributed by atoms with Crippen molar-refractivity contribution in [2.75, 3.05) is 43.4 Å². The Morgan fingerprint density at radius 1 is 1.00 bits per heavy atom. The topological polar surface area (TPSA) is 66.3 Å². The van der Waals surface area contributed by atoms with Crippen molar-refractivity contribution in [3.05, 3.63) is 75.7 Å². The molecule has 1 fully saturated rings. The van der Waals surface area contributed by atoms with E-state index in [1.807, 2.05) is 50.2 Å². The number of likely N-dealkylation sites (N-methyl/N-ethyl adjacent to an activating group) is 1. The van der Waals surface area contributed by atoms with Gasteiger partial charge in [-0.25, -0.2) is 4.98 Å². The number of hydrogen-bond acceptors (Lipinski definition) is 6. The Bertz CT molecular complexity index is 1420. The third-order valence-corrected chi connectivity index (χ3v) is 6.86. The van der Waals surface area contributed by atoms with Crippen molar-refractivity contribution in [2.24, 2.45) is 0 Å². The predicted molar refractivity (Wildman–Crippen MR) is 144 cm³/mol. The summed E-state index contributed by atoms with van der Waals surface area (Å²) in [5, 5.41) is 4.63. The predicted octanol–water partition coefficient (Wildman–Crippen LogP) is 4.94. The Labute approximate surface area is 210 Å². The fraction of sp³-hybridized carbons (Fsp3) is 0.296. The summed E-state index contributed by atoms with van der Waals surface area (Å²) >= 11 is 6.47. The molecule has 1 aliphatic heterocycles. The molecule has 4 aromatic rings. The molecule has 0 spiro atoms. The molecule has 7 nitrogen and oxygen atoms in total. The van der Waals surface area contributed by atoms with Gasteiger partial charge < -0.3 is 15.1 Å². The first-order chi connectivity index (χ1) is 16.9. The van der Waals surface area contributed by atoms with Crippen LogP contribution in [0.5, 0.6) is 0 Å². The van der Waals surface area contributed by atoms with Crippen molar-refractivity contribution in [2.45, 2.75) is 20.4 Å². The van der Waals surface area contributed by atoms with Gasteiger partial charge in [0.1, 0.15) is 5.65 Å². The highest BCUT2D eigenvalue weighted by Crippen LogP contribution is 2.29. The summed E-state index contributed by atoms with van der Waals surface area (Å²) in [4.78, 5) is 27.3.